The molecule has 1 atom stereocenters. The Kier molecular flexibility index (Phi) is 7.42. The van der Waals surface area contributed by atoms with Crippen molar-refractivity contribution in [3.05, 3.63) is 0 Å². The van der Waals surface area contributed by atoms with Gasteiger partial charge in [0.1, 0.15) is 5.60 Å². The number of carbonyl (C=O) groups excluding carboxylic acids is 1. The van der Waals surface area contributed by atoms with E-state index in [1.54, 1.807) is 7.05 Å². The lowest BCUT2D eigenvalue weighted by atomic mass is 9.93. The highest BCUT2D eigenvalue weighted by Gasteiger charge is 2.31. The van der Waals surface area contributed by atoms with Crippen molar-refractivity contribution in [2.75, 3.05) is 13.7 Å². The monoisotopic (exact) mass is 273 g/mol. The Morgan fingerprint density at radius 2 is 1.84 bits per heavy atom. The van der Waals surface area contributed by atoms with Crippen LogP contribution in [-0.4, -0.2) is 30.9 Å². The van der Waals surface area contributed by atoms with E-state index in [2.05, 4.69) is 26.1 Å². The zero-order chi connectivity index (χ0) is 15.1. The van der Waals surface area contributed by atoms with Crippen LogP contribution in [0.2, 0.25) is 0 Å². The van der Waals surface area contributed by atoms with E-state index in [0.717, 1.165) is 6.42 Å². The van der Waals surface area contributed by atoms with Gasteiger partial charge < -0.3 is 14.8 Å². The molecule has 1 N–H and O–H groups in total. The third-order valence-electron chi connectivity index (χ3n) is 3.60. The molecule has 0 spiro atoms. The zero-order valence-corrected chi connectivity index (χ0v) is 13.6. The quantitative estimate of drug-likeness (QED) is 0.733. The summed E-state index contributed by atoms with van der Waals surface area (Å²) < 4.78 is 11.3. The van der Waals surface area contributed by atoms with E-state index in [1.807, 2.05) is 20.8 Å². The van der Waals surface area contributed by atoms with Gasteiger partial charge in [-0.25, -0.2) is 4.79 Å². The average molecular weight is 273 g/mol. The van der Waals surface area contributed by atoms with E-state index < -0.39 is 11.7 Å². The minimum atomic E-state index is -0.541. The van der Waals surface area contributed by atoms with E-state index in [1.165, 1.54) is 12.8 Å². The van der Waals surface area contributed by atoms with Crippen LogP contribution < -0.4 is 5.32 Å². The van der Waals surface area contributed by atoms with Gasteiger partial charge in [0.05, 0.1) is 12.2 Å². The first-order valence-corrected chi connectivity index (χ1v) is 7.19. The molecule has 0 fully saturated rings. The highest BCUT2D eigenvalue weighted by Crippen LogP contribution is 2.25. The predicted molar refractivity (Wildman–Crippen MR) is 78.3 cm³/mol. The standard InChI is InChI=1S/C15H31NO3/c1-8-9-10-14(3,4)18-11-12(2)15(5,6)19-13(17)16-7/h12H,8-11H2,1-7H3,(H,16,17). The second-order valence-electron chi connectivity index (χ2n) is 6.32. The predicted octanol–water partition coefficient (Wildman–Crippen LogP) is 3.74. The number of nitrogens with one attached hydrogen (secondary N) is 1. The molecule has 4 nitrogen and oxygen atoms in total. The molecule has 0 radical (unpaired) electrons. The number of carbonyl (C=O) groups is 1. The van der Waals surface area contributed by atoms with E-state index in [0.29, 0.717) is 6.61 Å². The fourth-order valence-electron chi connectivity index (χ4n) is 1.62. The fourth-order valence-corrected chi connectivity index (χ4v) is 1.62. The highest BCUT2D eigenvalue weighted by atomic mass is 16.6. The number of ether oxygens (including phenoxy) is 2. The molecule has 1 unspecified atom stereocenters. The van der Waals surface area contributed by atoms with E-state index in [9.17, 15) is 4.79 Å². The maximum absolute atomic E-state index is 11.3. The third-order valence-corrected chi connectivity index (χ3v) is 3.60. The highest BCUT2D eigenvalue weighted by molar-refractivity contribution is 5.67. The summed E-state index contributed by atoms with van der Waals surface area (Å²) in [6.45, 7) is 12.9. The first kappa shape index (κ1) is 18.2. The number of alkyl carbamates (subject to hydrolysis) is 1. The van der Waals surface area contributed by atoms with Gasteiger partial charge in [-0.1, -0.05) is 26.7 Å². The summed E-state index contributed by atoms with van der Waals surface area (Å²) in [7, 11) is 1.56. The summed E-state index contributed by atoms with van der Waals surface area (Å²) in [6, 6.07) is 0. The van der Waals surface area contributed by atoms with Crippen LogP contribution in [0.1, 0.15) is 60.8 Å². The summed E-state index contributed by atoms with van der Waals surface area (Å²) in [5.41, 5.74) is -0.658. The van der Waals surface area contributed by atoms with Crippen molar-refractivity contribution >= 4 is 6.09 Å². The van der Waals surface area contributed by atoms with Crippen molar-refractivity contribution in [3.8, 4) is 0 Å². The maximum atomic E-state index is 11.3. The topological polar surface area (TPSA) is 47.6 Å². The molecular formula is C15H31NO3. The smallest absolute Gasteiger partial charge is 0.407 e. The second-order valence-corrected chi connectivity index (χ2v) is 6.32. The number of unbranched alkanes of at least 4 members (excludes halogenated alkanes) is 1. The van der Waals surface area contributed by atoms with Gasteiger partial charge in [-0.15, -0.1) is 0 Å². The minimum Gasteiger partial charge on any atom is -0.443 e. The van der Waals surface area contributed by atoms with E-state index in [4.69, 9.17) is 9.47 Å². The van der Waals surface area contributed by atoms with Crippen LogP contribution in [0, 0.1) is 5.92 Å². The lowest BCUT2D eigenvalue weighted by molar-refractivity contribution is -0.0833. The SMILES string of the molecule is CCCCC(C)(C)OCC(C)C(C)(C)OC(=O)NC. The van der Waals surface area contributed by atoms with Crippen LogP contribution >= 0.6 is 0 Å². The molecule has 19 heavy (non-hydrogen) atoms. The summed E-state index contributed by atoms with van der Waals surface area (Å²) in [4.78, 5) is 11.3. The van der Waals surface area contributed by atoms with Gasteiger partial charge in [0, 0.05) is 13.0 Å². The Balaban J connectivity index is 4.28. The molecule has 0 bridgehead atoms. The van der Waals surface area contributed by atoms with Crippen LogP contribution in [0.5, 0.6) is 0 Å². The molecule has 114 valence electrons. The maximum Gasteiger partial charge on any atom is 0.407 e. The van der Waals surface area contributed by atoms with Crippen molar-refractivity contribution < 1.29 is 14.3 Å². The Morgan fingerprint density at radius 3 is 2.32 bits per heavy atom. The Hall–Kier alpha value is -0.770. The number of rotatable bonds is 8. The molecular weight excluding hydrogens is 242 g/mol. The normalized spacial score (nSPS) is 14.1. The Morgan fingerprint density at radius 1 is 1.26 bits per heavy atom. The molecule has 0 saturated heterocycles. The fraction of sp³-hybridized carbons (Fsp3) is 0.933. The molecule has 1 amide bonds. The summed E-state index contributed by atoms with van der Waals surface area (Å²) in [5, 5.41) is 2.47. The molecule has 0 aromatic rings. The van der Waals surface area contributed by atoms with Gasteiger partial charge in [0.25, 0.3) is 0 Å². The molecule has 0 aliphatic carbocycles. The summed E-state index contributed by atoms with van der Waals surface area (Å²) >= 11 is 0. The molecule has 0 aliphatic heterocycles. The van der Waals surface area contributed by atoms with Crippen molar-refractivity contribution in [2.24, 2.45) is 5.92 Å². The first-order valence-electron chi connectivity index (χ1n) is 7.19. The van der Waals surface area contributed by atoms with E-state index >= 15 is 0 Å². The van der Waals surface area contributed by atoms with Gasteiger partial charge >= 0.3 is 6.09 Å². The zero-order valence-electron chi connectivity index (χ0n) is 13.6. The van der Waals surface area contributed by atoms with Crippen LogP contribution in [0.3, 0.4) is 0 Å². The molecule has 0 aromatic carbocycles. The number of hydrogen-bond acceptors (Lipinski definition) is 3. The molecule has 0 rings (SSSR count). The lowest BCUT2D eigenvalue weighted by Crippen LogP contribution is -2.41. The van der Waals surface area contributed by atoms with Crippen molar-refractivity contribution in [1.29, 1.82) is 0 Å². The van der Waals surface area contributed by atoms with Crippen LogP contribution in [-0.2, 0) is 9.47 Å². The molecule has 0 heterocycles. The molecule has 0 aromatic heterocycles. The second kappa shape index (κ2) is 7.73. The summed E-state index contributed by atoms with van der Waals surface area (Å²) in [6.07, 6.45) is 2.99. The molecule has 4 heteroatoms. The Labute approximate surface area is 118 Å². The van der Waals surface area contributed by atoms with E-state index in [-0.39, 0.29) is 11.5 Å². The number of amides is 1. The Bertz CT molecular complexity index is 275. The largest absolute Gasteiger partial charge is 0.443 e. The number of hydrogen-bond donors (Lipinski definition) is 1. The van der Waals surface area contributed by atoms with Crippen molar-refractivity contribution in [3.63, 3.8) is 0 Å². The molecule has 0 saturated carbocycles. The van der Waals surface area contributed by atoms with Gasteiger partial charge in [-0.2, -0.15) is 0 Å². The average Bonchev–Trinajstić information content (AvgIpc) is 2.32. The van der Waals surface area contributed by atoms with Gasteiger partial charge in [0.15, 0.2) is 0 Å². The van der Waals surface area contributed by atoms with Crippen LogP contribution in [0.4, 0.5) is 4.79 Å². The third kappa shape index (κ3) is 7.41. The van der Waals surface area contributed by atoms with Gasteiger partial charge in [-0.3, -0.25) is 0 Å². The lowest BCUT2D eigenvalue weighted by Gasteiger charge is -2.34. The van der Waals surface area contributed by atoms with Crippen molar-refractivity contribution in [2.45, 2.75) is 72.0 Å². The van der Waals surface area contributed by atoms with Crippen LogP contribution in [0.25, 0.3) is 0 Å². The van der Waals surface area contributed by atoms with Gasteiger partial charge in [-0.05, 0) is 34.1 Å². The summed E-state index contributed by atoms with van der Waals surface area (Å²) in [5.74, 6) is 0.130. The van der Waals surface area contributed by atoms with Crippen LogP contribution in [0.15, 0.2) is 0 Å². The molecule has 0 aliphatic rings. The van der Waals surface area contributed by atoms with Crippen molar-refractivity contribution in [1.82, 2.24) is 5.32 Å². The van der Waals surface area contributed by atoms with Gasteiger partial charge in [0.2, 0.25) is 0 Å². The first-order chi connectivity index (χ1) is 8.64. The minimum absolute atomic E-state index is 0.118.